The molecule has 150 valence electrons. The number of benzene rings is 1. The maximum atomic E-state index is 12.6. The number of aromatic nitrogens is 3. The molecule has 0 spiro atoms. The number of ether oxygens (including phenoxy) is 1. The maximum Gasteiger partial charge on any atom is 0.270 e. The molecule has 1 amide bonds. The van der Waals surface area contributed by atoms with Crippen molar-refractivity contribution >= 4 is 5.91 Å². The van der Waals surface area contributed by atoms with E-state index in [4.69, 9.17) is 4.74 Å². The molecule has 4 rings (SSSR count). The first-order valence-corrected chi connectivity index (χ1v) is 10.0. The third-order valence-electron chi connectivity index (χ3n) is 5.30. The lowest BCUT2D eigenvalue weighted by atomic mass is 9.99. The van der Waals surface area contributed by atoms with Crippen molar-refractivity contribution in [3.63, 3.8) is 0 Å². The molecule has 1 unspecified atom stereocenters. The Hall–Kier alpha value is -2.99. The average Bonchev–Trinajstić information content (AvgIpc) is 3.17. The summed E-state index contributed by atoms with van der Waals surface area (Å²) in [6, 6.07) is 12.4. The van der Waals surface area contributed by atoms with E-state index in [9.17, 15) is 4.79 Å². The highest BCUT2D eigenvalue weighted by Gasteiger charge is 2.18. The van der Waals surface area contributed by atoms with Crippen LogP contribution in [0.3, 0.4) is 0 Å². The van der Waals surface area contributed by atoms with Crippen LogP contribution in [0, 0.1) is 6.92 Å². The molecule has 6 nitrogen and oxygen atoms in total. The van der Waals surface area contributed by atoms with Crippen LogP contribution >= 0.6 is 0 Å². The van der Waals surface area contributed by atoms with Crippen LogP contribution in [0.15, 0.2) is 48.8 Å². The van der Waals surface area contributed by atoms with Gasteiger partial charge in [0.1, 0.15) is 5.69 Å². The second-order valence-corrected chi connectivity index (χ2v) is 7.63. The Bertz CT molecular complexity index is 988. The summed E-state index contributed by atoms with van der Waals surface area (Å²) in [5.74, 6) is -0.132. The van der Waals surface area contributed by atoms with Gasteiger partial charge >= 0.3 is 0 Å². The Morgan fingerprint density at radius 3 is 2.79 bits per heavy atom. The van der Waals surface area contributed by atoms with Crippen molar-refractivity contribution in [1.82, 2.24) is 20.1 Å². The van der Waals surface area contributed by atoms with E-state index in [0.29, 0.717) is 12.3 Å². The molecule has 1 N–H and O–H groups in total. The summed E-state index contributed by atoms with van der Waals surface area (Å²) in [7, 11) is 1.92. The molecular weight excluding hydrogens is 364 g/mol. The molecular formula is C23H26N4O2. The topological polar surface area (TPSA) is 69.0 Å². The van der Waals surface area contributed by atoms with Gasteiger partial charge in [0.15, 0.2) is 0 Å². The van der Waals surface area contributed by atoms with Crippen molar-refractivity contribution in [1.29, 1.82) is 0 Å². The fraction of sp³-hybridized carbons (Fsp3) is 0.348. The summed E-state index contributed by atoms with van der Waals surface area (Å²) in [6.07, 6.45) is 6.40. The summed E-state index contributed by atoms with van der Waals surface area (Å²) in [4.78, 5) is 16.9. The van der Waals surface area contributed by atoms with E-state index < -0.39 is 0 Å². The molecule has 1 atom stereocenters. The van der Waals surface area contributed by atoms with Crippen molar-refractivity contribution in [2.24, 2.45) is 7.05 Å². The molecule has 1 aromatic carbocycles. The first-order valence-electron chi connectivity index (χ1n) is 10.0. The minimum atomic E-state index is -0.132. The van der Waals surface area contributed by atoms with E-state index in [1.165, 1.54) is 5.56 Å². The zero-order valence-corrected chi connectivity index (χ0v) is 16.9. The van der Waals surface area contributed by atoms with Crippen molar-refractivity contribution in [3.8, 4) is 11.3 Å². The third-order valence-corrected chi connectivity index (χ3v) is 5.30. The second-order valence-electron chi connectivity index (χ2n) is 7.63. The lowest BCUT2D eigenvalue weighted by molar-refractivity contribution is 0.0622. The Kier molecular flexibility index (Phi) is 5.71. The van der Waals surface area contributed by atoms with Crippen LogP contribution in [0.25, 0.3) is 11.3 Å². The van der Waals surface area contributed by atoms with E-state index in [1.807, 2.05) is 32.3 Å². The summed E-state index contributed by atoms with van der Waals surface area (Å²) >= 11 is 0. The normalized spacial score (nSPS) is 16.6. The van der Waals surface area contributed by atoms with Crippen molar-refractivity contribution in [3.05, 3.63) is 71.2 Å². The molecule has 0 aliphatic carbocycles. The van der Waals surface area contributed by atoms with Crippen LogP contribution in [0.1, 0.15) is 40.0 Å². The predicted octanol–water partition coefficient (Wildman–Crippen LogP) is 3.29. The number of amides is 1. The molecule has 6 heteroatoms. The third kappa shape index (κ3) is 4.71. The molecule has 2 aromatic heterocycles. The maximum absolute atomic E-state index is 12.6. The highest BCUT2D eigenvalue weighted by Crippen LogP contribution is 2.20. The molecule has 0 saturated carbocycles. The molecule has 3 heterocycles. The standard InChI is InChI=1S/C23H26N4O2/c1-16-14-24-22(23(28)25-20-4-3-11-29-15-20)13-19(16)12-17-5-7-18(8-6-17)21-9-10-27(2)26-21/h5-10,13-14,20H,3-4,11-12,15H2,1-2H3,(H,25,28). The van der Waals surface area contributed by atoms with Gasteiger partial charge in [-0.05, 0) is 55.0 Å². The summed E-state index contributed by atoms with van der Waals surface area (Å²) < 4.78 is 7.24. The number of carbonyl (C=O) groups excluding carboxylic acids is 1. The van der Waals surface area contributed by atoms with Crippen LogP contribution < -0.4 is 5.32 Å². The largest absolute Gasteiger partial charge is 0.379 e. The smallest absolute Gasteiger partial charge is 0.270 e. The lowest BCUT2D eigenvalue weighted by Crippen LogP contribution is -2.40. The van der Waals surface area contributed by atoms with Gasteiger partial charge in [-0.15, -0.1) is 0 Å². The summed E-state index contributed by atoms with van der Waals surface area (Å²) in [5, 5.41) is 7.48. The summed E-state index contributed by atoms with van der Waals surface area (Å²) in [5.41, 5.74) is 5.89. The van der Waals surface area contributed by atoms with Gasteiger partial charge in [0.25, 0.3) is 5.91 Å². The number of aryl methyl sites for hydroxylation is 2. The molecule has 1 aliphatic rings. The second kappa shape index (κ2) is 8.57. The predicted molar refractivity (Wildman–Crippen MR) is 112 cm³/mol. The molecule has 1 saturated heterocycles. The lowest BCUT2D eigenvalue weighted by Gasteiger charge is -2.23. The highest BCUT2D eigenvalue weighted by molar-refractivity contribution is 5.92. The monoisotopic (exact) mass is 390 g/mol. The van der Waals surface area contributed by atoms with Crippen molar-refractivity contribution < 1.29 is 9.53 Å². The van der Waals surface area contributed by atoms with Crippen molar-refractivity contribution in [2.75, 3.05) is 13.2 Å². The zero-order valence-electron chi connectivity index (χ0n) is 16.9. The highest BCUT2D eigenvalue weighted by atomic mass is 16.5. The number of rotatable bonds is 5. The van der Waals surface area contributed by atoms with Gasteiger partial charge < -0.3 is 10.1 Å². The Morgan fingerprint density at radius 2 is 2.10 bits per heavy atom. The van der Waals surface area contributed by atoms with E-state index >= 15 is 0 Å². The van der Waals surface area contributed by atoms with Crippen LogP contribution in [0.4, 0.5) is 0 Å². The number of hydrogen-bond acceptors (Lipinski definition) is 4. The molecule has 3 aromatic rings. The minimum Gasteiger partial charge on any atom is -0.379 e. The molecule has 0 bridgehead atoms. The van der Waals surface area contributed by atoms with Gasteiger partial charge in [-0.2, -0.15) is 5.10 Å². The number of pyridine rings is 1. The van der Waals surface area contributed by atoms with Gasteiger partial charge in [-0.25, -0.2) is 0 Å². The number of carbonyl (C=O) groups is 1. The van der Waals surface area contributed by atoms with E-state index in [0.717, 1.165) is 48.3 Å². The first-order chi connectivity index (χ1) is 14.1. The number of hydrogen-bond donors (Lipinski definition) is 1. The first kappa shape index (κ1) is 19.3. The minimum absolute atomic E-state index is 0.0712. The Labute approximate surface area is 170 Å². The molecule has 29 heavy (non-hydrogen) atoms. The van der Waals surface area contributed by atoms with Gasteiger partial charge in [-0.3, -0.25) is 14.5 Å². The van der Waals surface area contributed by atoms with Crippen LogP contribution in [0.5, 0.6) is 0 Å². The van der Waals surface area contributed by atoms with E-state index in [2.05, 4.69) is 39.7 Å². The molecule has 1 aliphatic heterocycles. The zero-order chi connectivity index (χ0) is 20.2. The quantitative estimate of drug-likeness (QED) is 0.726. The summed E-state index contributed by atoms with van der Waals surface area (Å²) in [6.45, 7) is 3.38. The molecule has 1 fully saturated rings. The van der Waals surface area contributed by atoms with Crippen molar-refractivity contribution in [2.45, 2.75) is 32.2 Å². The average molecular weight is 390 g/mol. The van der Waals surface area contributed by atoms with Gasteiger partial charge in [0, 0.05) is 31.6 Å². The van der Waals surface area contributed by atoms with Crippen LogP contribution in [-0.2, 0) is 18.2 Å². The SMILES string of the molecule is Cc1cnc(C(=O)NC2CCCOC2)cc1Cc1ccc(-c2ccn(C)n2)cc1. The fourth-order valence-electron chi connectivity index (χ4n) is 3.58. The Morgan fingerprint density at radius 1 is 1.28 bits per heavy atom. The number of nitrogens with one attached hydrogen (secondary N) is 1. The molecule has 0 radical (unpaired) electrons. The van der Waals surface area contributed by atoms with Gasteiger partial charge in [-0.1, -0.05) is 24.3 Å². The van der Waals surface area contributed by atoms with E-state index in [-0.39, 0.29) is 11.9 Å². The Balaban J connectivity index is 1.46. The fourth-order valence-corrected chi connectivity index (χ4v) is 3.58. The van der Waals surface area contributed by atoms with Crippen LogP contribution in [-0.4, -0.2) is 39.9 Å². The van der Waals surface area contributed by atoms with Gasteiger partial charge in [0.05, 0.1) is 18.3 Å². The number of nitrogens with zero attached hydrogens (tertiary/aromatic N) is 3. The van der Waals surface area contributed by atoms with Gasteiger partial charge in [0.2, 0.25) is 0 Å². The van der Waals surface area contributed by atoms with Crippen LogP contribution in [0.2, 0.25) is 0 Å². The van der Waals surface area contributed by atoms with E-state index in [1.54, 1.807) is 10.9 Å².